The van der Waals surface area contributed by atoms with Gasteiger partial charge in [0.25, 0.3) is 0 Å². The maximum atomic E-state index is 11.6. The number of hydrogen-bond donors (Lipinski definition) is 4. The van der Waals surface area contributed by atoms with Gasteiger partial charge in [0.05, 0.1) is 12.1 Å². The van der Waals surface area contributed by atoms with Crippen LogP contribution in [-0.2, 0) is 17.6 Å². The second kappa shape index (κ2) is 11.5. The number of nitrogens with zero attached hydrogens (tertiary/aromatic N) is 2. The molecule has 0 spiro atoms. The highest BCUT2D eigenvalue weighted by Gasteiger charge is 2.27. The summed E-state index contributed by atoms with van der Waals surface area (Å²) in [6.07, 6.45) is 7.20. The van der Waals surface area contributed by atoms with Crippen molar-refractivity contribution in [3.8, 4) is 0 Å². The second-order valence-electron chi connectivity index (χ2n) is 10.0. The number of allylic oxidation sites excluding steroid dienone is 2. The standard InChI is InChI=1S/C28H37N5O2/c1-19(29)14-26(30)23-5-2-4-22(15-23)24(16-27(34)35)18-33-13-11-20(17-33)7-9-25-10-8-21-6-3-12-31-28(21)32-25/h2,4-5,8,10,14-15,20,24,30H,3,6-7,9,11-13,16-18,29H2,1H3,(H,31,32)(H,34,35)/t20-,24-/m1/s1. The molecule has 0 unspecified atom stereocenters. The number of fused-ring (bicyclic) bond motifs is 1. The van der Waals surface area contributed by atoms with Crippen molar-refractivity contribution in [3.63, 3.8) is 0 Å². The quantitative estimate of drug-likeness (QED) is 0.383. The Balaban J connectivity index is 1.36. The van der Waals surface area contributed by atoms with Crippen molar-refractivity contribution >= 4 is 17.5 Å². The predicted octanol–water partition coefficient (Wildman–Crippen LogP) is 4.18. The zero-order chi connectivity index (χ0) is 24.8. The van der Waals surface area contributed by atoms with Gasteiger partial charge in [-0.2, -0.15) is 0 Å². The van der Waals surface area contributed by atoms with Gasteiger partial charge in [-0.3, -0.25) is 4.79 Å². The van der Waals surface area contributed by atoms with E-state index in [0.717, 1.165) is 68.0 Å². The van der Waals surface area contributed by atoms with Crippen LogP contribution in [0.1, 0.15) is 60.9 Å². The lowest BCUT2D eigenvalue weighted by atomic mass is 9.92. The number of aliphatic carboxylic acids is 1. The van der Waals surface area contributed by atoms with E-state index in [1.54, 1.807) is 13.0 Å². The van der Waals surface area contributed by atoms with E-state index in [2.05, 4.69) is 22.3 Å². The Kier molecular flexibility index (Phi) is 8.18. The summed E-state index contributed by atoms with van der Waals surface area (Å²) < 4.78 is 0. The zero-order valence-electron chi connectivity index (χ0n) is 20.6. The van der Waals surface area contributed by atoms with Gasteiger partial charge < -0.3 is 26.5 Å². The molecule has 0 bridgehead atoms. The number of anilines is 1. The van der Waals surface area contributed by atoms with Gasteiger partial charge in [0.2, 0.25) is 0 Å². The lowest BCUT2D eigenvalue weighted by Crippen LogP contribution is -2.28. The Morgan fingerprint density at radius 3 is 3.03 bits per heavy atom. The molecular weight excluding hydrogens is 438 g/mol. The average molecular weight is 476 g/mol. The number of aryl methyl sites for hydroxylation is 2. The first-order valence-corrected chi connectivity index (χ1v) is 12.7. The van der Waals surface area contributed by atoms with E-state index in [9.17, 15) is 9.90 Å². The summed E-state index contributed by atoms with van der Waals surface area (Å²) >= 11 is 0. The van der Waals surface area contributed by atoms with E-state index in [4.69, 9.17) is 16.1 Å². The first-order chi connectivity index (χ1) is 16.9. The molecule has 7 heteroatoms. The molecule has 7 nitrogen and oxygen atoms in total. The summed E-state index contributed by atoms with van der Waals surface area (Å²) in [5, 5.41) is 21.3. The van der Waals surface area contributed by atoms with Crippen LogP contribution in [0.15, 0.2) is 48.2 Å². The summed E-state index contributed by atoms with van der Waals surface area (Å²) in [5.74, 6) is 0.751. The lowest BCUT2D eigenvalue weighted by molar-refractivity contribution is -0.137. The van der Waals surface area contributed by atoms with Crippen molar-refractivity contribution < 1.29 is 9.90 Å². The Bertz CT molecular complexity index is 1090. The third-order valence-corrected chi connectivity index (χ3v) is 7.07. The number of nitrogens with one attached hydrogen (secondary N) is 2. The minimum absolute atomic E-state index is 0.0791. The number of carboxylic acid groups (broad SMARTS) is 1. The summed E-state index contributed by atoms with van der Waals surface area (Å²) in [5.41, 5.74) is 10.9. The molecule has 1 aromatic heterocycles. The topological polar surface area (TPSA) is 115 Å². The molecule has 2 aliphatic heterocycles. The molecule has 4 rings (SSSR count). The number of pyridine rings is 1. The van der Waals surface area contributed by atoms with Gasteiger partial charge >= 0.3 is 5.97 Å². The number of likely N-dealkylation sites (tertiary alicyclic amines) is 1. The van der Waals surface area contributed by atoms with E-state index in [0.29, 0.717) is 23.9 Å². The van der Waals surface area contributed by atoms with Crippen molar-refractivity contribution in [1.82, 2.24) is 9.88 Å². The summed E-state index contributed by atoms with van der Waals surface area (Å²) in [6.45, 7) is 5.46. The number of carbonyl (C=O) groups is 1. The molecule has 186 valence electrons. The minimum atomic E-state index is -0.795. The SMILES string of the molecule is CC(N)=CC(=N)c1cccc([C@H](CC(=O)O)CN2CC[C@@H](CCc3ccc4c(n3)NCCC4)C2)c1. The van der Waals surface area contributed by atoms with Crippen LogP contribution in [0.5, 0.6) is 0 Å². The first-order valence-electron chi connectivity index (χ1n) is 12.7. The van der Waals surface area contributed by atoms with Gasteiger partial charge in [-0.1, -0.05) is 24.3 Å². The third-order valence-electron chi connectivity index (χ3n) is 7.07. The fraction of sp³-hybridized carbons (Fsp3) is 0.464. The van der Waals surface area contributed by atoms with Gasteiger partial charge in [-0.25, -0.2) is 4.98 Å². The van der Waals surface area contributed by atoms with E-state index in [1.165, 1.54) is 12.0 Å². The van der Waals surface area contributed by atoms with Crippen LogP contribution in [0.3, 0.4) is 0 Å². The average Bonchev–Trinajstić information content (AvgIpc) is 3.29. The van der Waals surface area contributed by atoms with Crippen LogP contribution in [0.2, 0.25) is 0 Å². The second-order valence-corrected chi connectivity index (χ2v) is 10.0. The Hall–Kier alpha value is -3.19. The fourth-order valence-electron chi connectivity index (χ4n) is 5.26. The number of aromatic nitrogens is 1. The molecule has 2 aromatic rings. The number of rotatable bonds is 10. The Morgan fingerprint density at radius 1 is 1.37 bits per heavy atom. The third kappa shape index (κ3) is 6.92. The van der Waals surface area contributed by atoms with Crippen molar-refractivity contribution in [1.29, 1.82) is 5.41 Å². The van der Waals surface area contributed by atoms with Gasteiger partial charge in [-0.05, 0) is 86.4 Å². The van der Waals surface area contributed by atoms with Crippen LogP contribution < -0.4 is 11.1 Å². The monoisotopic (exact) mass is 475 g/mol. The molecule has 5 N–H and O–H groups in total. The maximum Gasteiger partial charge on any atom is 0.304 e. The number of carboxylic acids is 1. The largest absolute Gasteiger partial charge is 0.481 e. The summed E-state index contributed by atoms with van der Waals surface area (Å²) in [4.78, 5) is 18.9. The van der Waals surface area contributed by atoms with Crippen molar-refractivity contribution in [2.24, 2.45) is 11.7 Å². The maximum absolute atomic E-state index is 11.6. The lowest BCUT2D eigenvalue weighted by Gasteiger charge is -2.24. The molecule has 0 aliphatic carbocycles. The van der Waals surface area contributed by atoms with Crippen molar-refractivity contribution in [2.75, 3.05) is 31.5 Å². The van der Waals surface area contributed by atoms with Gasteiger partial charge in [-0.15, -0.1) is 0 Å². The van der Waals surface area contributed by atoms with E-state index >= 15 is 0 Å². The smallest absolute Gasteiger partial charge is 0.304 e. The Labute approximate surface area is 208 Å². The zero-order valence-corrected chi connectivity index (χ0v) is 20.6. The molecule has 1 saturated heterocycles. The van der Waals surface area contributed by atoms with Crippen molar-refractivity contribution in [2.45, 2.75) is 51.4 Å². The highest BCUT2D eigenvalue weighted by Crippen LogP contribution is 2.28. The Morgan fingerprint density at radius 2 is 2.23 bits per heavy atom. The molecule has 0 saturated carbocycles. The van der Waals surface area contributed by atoms with E-state index < -0.39 is 5.97 Å². The number of benzene rings is 1. The molecule has 2 atom stereocenters. The highest BCUT2D eigenvalue weighted by atomic mass is 16.4. The van der Waals surface area contributed by atoms with Crippen LogP contribution in [-0.4, -0.2) is 52.9 Å². The molecule has 2 aliphatic rings. The predicted molar refractivity (Wildman–Crippen MR) is 140 cm³/mol. The molecule has 1 fully saturated rings. The van der Waals surface area contributed by atoms with Crippen LogP contribution in [0, 0.1) is 11.3 Å². The molecule has 0 radical (unpaired) electrons. The van der Waals surface area contributed by atoms with Crippen molar-refractivity contribution in [3.05, 3.63) is 70.6 Å². The normalized spacial score (nSPS) is 19.1. The number of hydrogen-bond acceptors (Lipinski definition) is 6. The molecular formula is C28H37N5O2. The van der Waals surface area contributed by atoms with Crippen LogP contribution >= 0.6 is 0 Å². The molecule has 1 aromatic carbocycles. The summed E-state index contributed by atoms with van der Waals surface area (Å²) in [6, 6.07) is 12.1. The van der Waals surface area contributed by atoms with Gasteiger partial charge in [0, 0.05) is 36.9 Å². The first kappa shape index (κ1) is 24.9. The van der Waals surface area contributed by atoms with Crippen LogP contribution in [0.25, 0.3) is 0 Å². The van der Waals surface area contributed by atoms with E-state index in [-0.39, 0.29) is 12.3 Å². The molecule has 3 heterocycles. The summed E-state index contributed by atoms with van der Waals surface area (Å²) in [7, 11) is 0. The minimum Gasteiger partial charge on any atom is -0.481 e. The van der Waals surface area contributed by atoms with E-state index in [1.807, 2.05) is 24.3 Å². The van der Waals surface area contributed by atoms with Gasteiger partial charge in [0.1, 0.15) is 5.82 Å². The van der Waals surface area contributed by atoms with Gasteiger partial charge in [0.15, 0.2) is 0 Å². The highest BCUT2D eigenvalue weighted by molar-refractivity contribution is 6.06. The number of nitrogens with two attached hydrogens (primary N) is 1. The molecule has 35 heavy (non-hydrogen) atoms. The molecule has 0 amide bonds. The fourth-order valence-corrected chi connectivity index (χ4v) is 5.26. The van der Waals surface area contributed by atoms with Crippen LogP contribution in [0.4, 0.5) is 5.82 Å².